The fourth-order valence-corrected chi connectivity index (χ4v) is 1.82. The van der Waals surface area contributed by atoms with Gasteiger partial charge in [-0.15, -0.1) is 5.10 Å². The highest BCUT2D eigenvalue weighted by Crippen LogP contribution is 2.21. The Bertz CT molecular complexity index is 687. The molecule has 0 radical (unpaired) electrons. The normalized spacial score (nSPS) is 12.9. The second kappa shape index (κ2) is 9.79. The first-order valence-electron chi connectivity index (χ1n) is 6.95. The maximum atomic E-state index is 11.9. The molecule has 130 valence electrons. The number of amidine groups is 1. The third-order valence-electron chi connectivity index (χ3n) is 2.55. The van der Waals surface area contributed by atoms with Crippen LogP contribution in [0.4, 0.5) is 0 Å². The molecular weight excluding hydrogens is 357 g/mol. The summed E-state index contributed by atoms with van der Waals surface area (Å²) in [6.07, 6.45) is 1.36. The Morgan fingerprint density at radius 1 is 1.25 bits per heavy atom. The smallest absolute Gasteiger partial charge is 0.349 e. The van der Waals surface area contributed by atoms with Gasteiger partial charge in [0.2, 0.25) is 0 Å². The molecule has 0 unspecified atom stereocenters. The number of halogens is 2. The second-order valence-corrected chi connectivity index (χ2v) is 5.05. The van der Waals surface area contributed by atoms with Crippen molar-refractivity contribution in [2.24, 2.45) is 15.9 Å². The summed E-state index contributed by atoms with van der Waals surface area (Å²) in [6, 6.07) is 4.85. The average molecular weight is 374 g/mol. The standard InChI is InChI=1S/C15H17Cl2N3O4/c1-3-23-14(21)12(15(22)24-4-2)13(18)20-19-8-9-5-6-10(16)11(17)7-9/h5-8,21H,3-4H2,1-2H3,(H2,18,20)/b14-12?,19-8-. The highest BCUT2D eigenvalue weighted by atomic mass is 35.5. The van der Waals surface area contributed by atoms with Crippen LogP contribution in [-0.2, 0) is 14.3 Å². The van der Waals surface area contributed by atoms with Gasteiger partial charge in [-0.3, -0.25) is 0 Å². The Balaban J connectivity index is 3.04. The summed E-state index contributed by atoms with van der Waals surface area (Å²) in [5.74, 6) is -1.90. The molecule has 3 N–H and O–H groups in total. The Labute approximate surface area is 149 Å². The van der Waals surface area contributed by atoms with Gasteiger partial charge in [0.1, 0.15) is 0 Å². The third-order valence-corrected chi connectivity index (χ3v) is 3.29. The van der Waals surface area contributed by atoms with E-state index in [-0.39, 0.29) is 19.0 Å². The van der Waals surface area contributed by atoms with Gasteiger partial charge in [-0.2, -0.15) is 5.10 Å². The van der Waals surface area contributed by atoms with E-state index in [9.17, 15) is 9.90 Å². The van der Waals surface area contributed by atoms with Crippen LogP contribution in [0.2, 0.25) is 10.0 Å². The zero-order chi connectivity index (χ0) is 18.1. The number of benzene rings is 1. The molecule has 1 aromatic carbocycles. The molecule has 0 atom stereocenters. The van der Waals surface area contributed by atoms with Crippen molar-refractivity contribution in [2.45, 2.75) is 13.8 Å². The minimum absolute atomic E-state index is 0.0988. The summed E-state index contributed by atoms with van der Waals surface area (Å²) in [6.45, 7) is 3.48. The number of carbonyl (C=O) groups excluding carboxylic acids is 1. The number of aliphatic hydroxyl groups excluding tert-OH is 1. The Morgan fingerprint density at radius 3 is 2.50 bits per heavy atom. The molecule has 7 nitrogen and oxygen atoms in total. The zero-order valence-electron chi connectivity index (χ0n) is 13.1. The number of nitrogens with zero attached hydrogens (tertiary/aromatic N) is 2. The fourth-order valence-electron chi connectivity index (χ4n) is 1.51. The van der Waals surface area contributed by atoms with E-state index in [1.54, 1.807) is 32.0 Å². The second-order valence-electron chi connectivity index (χ2n) is 4.24. The first-order chi connectivity index (χ1) is 11.4. The zero-order valence-corrected chi connectivity index (χ0v) is 14.6. The van der Waals surface area contributed by atoms with Crippen LogP contribution in [0.15, 0.2) is 39.9 Å². The monoisotopic (exact) mass is 373 g/mol. The molecule has 0 bridgehead atoms. The van der Waals surface area contributed by atoms with Gasteiger partial charge in [0.15, 0.2) is 11.4 Å². The molecule has 0 fully saturated rings. The molecule has 9 heteroatoms. The molecule has 0 amide bonds. The number of rotatable bonds is 7. The molecule has 1 rings (SSSR count). The van der Waals surface area contributed by atoms with E-state index in [1.807, 2.05) is 0 Å². The van der Waals surface area contributed by atoms with E-state index in [2.05, 4.69) is 10.2 Å². The first-order valence-corrected chi connectivity index (χ1v) is 7.71. The molecule has 0 heterocycles. The van der Waals surface area contributed by atoms with E-state index < -0.39 is 17.5 Å². The van der Waals surface area contributed by atoms with E-state index in [1.165, 1.54) is 6.21 Å². The van der Waals surface area contributed by atoms with Crippen molar-refractivity contribution >= 4 is 41.2 Å². The van der Waals surface area contributed by atoms with Gasteiger partial charge in [-0.05, 0) is 31.5 Å². The summed E-state index contributed by atoms with van der Waals surface area (Å²) in [5.41, 5.74) is 5.91. The molecule has 0 spiro atoms. The fraction of sp³-hybridized carbons (Fsp3) is 0.267. The summed E-state index contributed by atoms with van der Waals surface area (Å²) in [5, 5.41) is 18.0. The van der Waals surface area contributed by atoms with Gasteiger partial charge in [0, 0.05) is 0 Å². The number of ether oxygens (including phenoxy) is 2. The van der Waals surface area contributed by atoms with Crippen molar-refractivity contribution < 1.29 is 19.4 Å². The van der Waals surface area contributed by atoms with Crippen LogP contribution in [0.3, 0.4) is 0 Å². The molecular formula is C15H17Cl2N3O4. The molecule has 0 saturated heterocycles. The number of esters is 1. The van der Waals surface area contributed by atoms with Gasteiger partial charge in [0.25, 0.3) is 5.95 Å². The summed E-state index contributed by atoms with van der Waals surface area (Å²) in [7, 11) is 0. The SMILES string of the molecule is CCOC(=O)C(C(N)=N/N=C\c1ccc(Cl)c(Cl)c1)=C(O)OCC. The van der Waals surface area contributed by atoms with Crippen LogP contribution >= 0.6 is 23.2 Å². The topological polar surface area (TPSA) is 107 Å². The first kappa shape index (κ1) is 19.8. The van der Waals surface area contributed by atoms with Crippen LogP contribution < -0.4 is 5.73 Å². The van der Waals surface area contributed by atoms with Crippen molar-refractivity contribution in [1.82, 2.24) is 0 Å². The van der Waals surface area contributed by atoms with Crippen molar-refractivity contribution in [3.8, 4) is 0 Å². The molecule has 24 heavy (non-hydrogen) atoms. The van der Waals surface area contributed by atoms with Gasteiger partial charge >= 0.3 is 5.97 Å². The quantitative estimate of drug-likeness (QED) is 0.191. The molecule has 0 aliphatic carbocycles. The number of carbonyl (C=O) groups is 1. The number of hydrogen-bond acceptors (Lipinski definition) is 6. The lowest BCUT2D eigenvalue weighted by Crippen LogP contribution is -2.25. The van der Waals surface area contributed by atoms with Gasteiger partial charge < -0.3 is 20.3 Å². The summed E-state index contributed by atoms with van der Waals surface area (Å²) < 4.78 is 9.68. The highest BCUT2D eigenvalue weighted by Gasteiger charge is 2.22. The molecule has 0 aromatic heterocycles. The third kappa shape index (κ3) is 5.75. The molecule has 1 aromatic rings. The molecule has 0 aliphatic rings. The van der Waals surface area contributed by atoms with Crippen LogP contribution in [0.5, 0.6) is 0 Å². The highest BCUT2D eigenvalue weighted by molar-refractivity contribution is 6.42. The minimum Gasteiger partial charge on any atom is -0.480 e. The Hall–Kier alpha value is -2.25. The molecule has 0 saturated carbocycles. The predicted octanol–water partition coefficient (Wildman–Crippen LogP) is 3.05. The average Bonchev–Trinajstić information content (AvgIpc) is 2.51. The lowest BCUT2D eigenvalue weighted by molar-refractivity contribution is -0.138. The maximum Gasteiger partial charge on any atom is 0.349 e. The predicted molar refractivity (Wildman–Crippen MR) is 93.6 cm³/mol. The maximum absolute atomic E-state index is 11.9. The number of hydrogen-bond donors (Lipinski definition) is 2. The van der Waals surface area contributed by atoms with Crippen LogP contribution in [0, 0.1) is 0 Å². The van der Waals surface area contributed by atoms with Gasteiger partial charge in [0.05, 0.1) is 29.5 Å². The van der Waals surface area contributed by atoms with Crippen molar-refractivity contribution in [3.63, 3.8) is 0 Å². The van der Waals surface area contributed by atoms with Crippen LogP contribution in [0.1, 0.15) is 19.4 Å². The van der Waals surface area contributed by atoms with Crippen molar-refractivity contribution in [2.75, 3.05) is 13.2 Å². The number of nitrogens with two attached hydrogens (primary N) is 1. The largest absolute Gasteiger partial charge is 0.480 e. The van der Waals surface area contributed by atoms with E-state index >= 15 is 0 Å². The minimum atomic E-state index is -0.866. The number of aliphatic hydroxyl groups is 1. The summed E-state index contributed by atoms with van der Waals surface area (Å²) >= 11 is 11.7. The van der Waals surface area contributed by atoms with Crippen LogP contribution in [0.25, 0.3) is 0 Å². The lowest BCUT2D eigenvalue weighted by atomic mass is 10.2. The van der Waals surface area contributed by atoms with Gasteiger partial charge in [-0.25, -0.2) is 4.79 Å². The lowest BCUT2D eigenvalue weighted by Gasteiger charge is -2.08. The van der Waals surface area contributed by atoms with Crippen molar-refractivity contribution in [1.29, 1.82) is 0 Å². The van der Waals surface area contributed by atoms with E-state index in [4.69, 9.17) is 38.4 Å². The van der Waals surface area contributed by atoms with E-state index in [0.29, 0.717) is 15.6 Å². The van der Waals surface area contributed by atoms with E-state index in [0.717, 1.165) is 0 Å². The summed E-state index contributed by atoms with van der Waals surface area (Å²) in [4.78, 5) is 11.9. The van der Waals surface area contributed by atoms with Crippen LogP contribution in [-0.4, -0.2) is 36.3 Å². The Morgan fingerprint density at radius 2 is 1.92 bits per heavy atom. The molecule has 0 aliphatic heterocycles. The Kier molecular flexibility index (Phi) is 8.08. The van der Waals surface area contributed by atoms with Gasteiger partial charge in [-0.1, -0.05) is 29.3 Å². The van der Waals surface area contributed by atoms with Crippen molar-refractivity contribution in [3.05, 3.63) is 45.3 Å².